The number of benzene rings is 3. The fraction of sp³-hybridized carbons (Fsp3) is 0.405. The normalized spacial score (nSPS) is 13.8. The summed E-state index contributed by atoms with van der Waals surface area (Å²) in [6.07, 6.45) is 14.4. The highest BCUT2D eigenvalue weighted by atomic mass is 16.6. The van der Waals surface area contributed by atoms with Crippen LogP contribution in [-0.2, 0) is 19.1 Å². The molecule has 1 aliphatic rings. The average molecular weight is 683 g/mol. The smallest absolute Gasteiger partial charge is 0.343 e. The molecule has 1 aliphatic heterocycles. The van der Waals surface area contributed by atoms with E-state index in [9.17, 15) is 14.4 Å². The molecular formula is C42H50O8. The largest absolute Gasteiger partial charge is 0.494 e. The second kappa shape index (κ2) is 21.3. The first-order valence-electron chi connectivity index (χ1n) is 17.9. The zero-order valence-electron chi connectivity index (χ0n) is 29.1. The zero-order chi connectivity index (χ0) is 35.4. The van der Waals surface area contributed by atoms with E-state index in [-0.39, 0.29) is 18.0 Å². The molecule has 0 aromatic heterocycles. The van der Waals surface area contributed by atoms with E-state index in [1.807, 2.05) is 36.4 Å². The Kier molecular flexibility index (Phi) is 16.2. The van der Waals surface area contributed by atoms with Crippen LogP contribution in [0, 0.1) is 0 Å². The molecule has 1 heterocycles. The molecule has 8 nitrogen and oxygen atoms in total. The standard InChI is InChI=1S/C42H50O8/c1-3-40(43)48-30-13-9-7-5-4-6-8-12-28-46-36-22-16-33(17-23-36)34-18-26-38(27-19-34)49-42(45)35-20-24-37(25-21-35)47-29-14-10-11-15-39-31-32(2)41(44)50-39/h3,16-27,39H,1-2,4-15,28-31H2. The second-order valence-electron chi connectivity index (χ2n) is 12.5. The van der Waals surface area contributed by atoms with E-state index in [0.717, 1.165) is 74.7 Å². The van der Waals surface area contributed by atoms with Crippen LogP contribution in [0.3, 0.4) is 0 Å². The SMILES string of the molecule is C=CC(=O)OCCCCCCCCCCOc1ccc(-c2ccc(OC(=O)c3ccc(OCCCCCC4CC(=C)C(=O)O4)cc3)cc2)cc1. The Morgan fingerprint density at radius 3 is 1.66 bits per heavy atom. The zero-order valence-corrected chi connectivity index (χ0v) is 29.1. The van der Waals surface area contributed by atoms with Gasteiger partial charge in [0.2, 0.25) is 0 Å². The second-order valence-corrected chi connectivity index (χ2v) is 12.5. The van der Waals surface area contributed by atoms with Crippen LogP contribution in [-0.4, -0.2) is 43.8 Å². The van der Waals surface area contributed by atoms with Crippen molar-refractivity contribution in [2.45, 2.75) is 89.6 Å². The maximum absolute atomic E-state index is 12.7. The first kappa shape index (κ1) is 38.0. The van der Waals surface area contributed by atoms with Gasteiger partial charge in [0.15, 0.2) is 0 Å². The predicted octanol–water partition coefficient (Wildman–Crippen LogP) is 9.61. The van der Waals surface area contributed by atoms with Crippen molar-refractivity contribution in [1.82, 2.24) is 0 Å². The molecule has 1 saturated heterocycles. The summed E-state index contributed by atoms with van der Waals surface area (Å²) >= 11 is 0. The molecule has 3 aromatic rings. The third-order valence-electron chi connectivity index (χ3n) is 8.54. The molecule has 8 heteroatoms. The van der Waals surface area contributed by atoms with Crippen LogP contribution in [0.1, 0.15) is 93.8 Å². The van der Waals surface area contributed by atoms with Gasteiger partial charge in [0.1, 0.15) is 23.4 Å². The molecule has 50 heavy (non-hydrogen) atoms. The number of hydrogen-bond donors (Lipinski definition) is 0. The van der Waals surface area contributed by atoms with Crippen LogP contribution in [0.25, 0.3) is 11.1 Å². The molecule has 0 amide bonds. The molecular weight excluding hydrogens is 632 g/mol. The summed E-state index contributed by atoms with van der Waals surface area (Å²) in [7, 11) is 0. The van der Waals surface area contributed by atoms with Crippen molar-refractivity contribution >= 4 is 17.9 Å². The number of cyclic esters (lactones) is 1. The highest BCUT2D eigenvalue weighted by molar-refractivity contribution is 5.91. The molecule has 1 fully saturated rings. The van der Waals surface area contributed by atoms with E-state index in [4.69, 9.17) is 23.7 Å². The molecule has 0 N–H and O–H groups in total. The van der Waals surface area contributed by atoms with Gasteiger partial charge in [-0.1, -0.05) is 75.9 Å². The summed E-state index contributed by atoms with van der Waals surface area (Å²) in [5.41, 5.74) is 3.08. The van der Waals surface area contributed by atoms with Gasteiger partial charge in [0.25, 0.3) is 0 Å². The topological polar surface area (TPSA) is 97.4 Å². The highest BCUT2D eigenvalue weighted by Crippen LogP contribution is 2.26. The van der Waals surface area contributed by atoms with Crippen molar-refractivity contribution < 1.29 is 38.1 Å². The number of carbonyl (C=O) groups is 3. The Bertz CT molecular complexity index is 1490. The fourth-order valence-corrected chi connectivity index (χ4v) is 5.64. The monoisotopic (exact) mass is 682 g/mol. The molecule has 0 bridgehead atoms. The number of unbranched alkanes of at least 4 members (excludes halogenated alkanes) is 9. The first-order chi connectivity index (χ1) is 24.4. The molecule has 266 valence electrons. The van der Waals surface area contributed by atoms with Crippen LogP contribution in [0.15, 0.2) is 97.6 Å². The van der Waals surface area contributed by atoms with Gasteiger partial charge in [-0.05, 0) is 98.2 Å². The molecule has 0 aliphatic carbocycles. The lowest BCUT2D eigenvalue weighted by Gasteiger charge is -2.10. The van der Waals surface area contributed by atoms with Gasteiger partial charge in [-0.2, -0.15) is 0 Å². The maximum atomic E-state index is 12.7. The minimum Gasteiger partial charge on any atom is -0.494 e. The third-order valence-corrected chi connectivity index (χ3v) is 8.54. The van der Waals surface area contributed by atoms with Gasteiger partial charge in [0, 0.05) is 18.1 Å². The minimum absolute atomic E-state index is 0.0332. The fourth-order valence-electron chi connectivity index (χ4n) is 5.64. The van der Waals surface area contributed by atoms with Gasteiger partial charge in [-0.25, -0.2) is 14.4 Å². The van der Waals surface area contributed by atoms with E-state index in [1.54, 1.807) is 36.4 Å². The lowest BCUT2D eigenvalue weighted by atomic mass is 10.1. The summed E-state index contributed by atoms with van der Waals surface area (Å²) < 4.78 is 27.6. The molecule has 0 saturated carbocycles. The van der Waals surface area contributed by atoms with Crippen LogP contribution < -0.4 is 14.2 Å². The summed E-state index contributed by atoms with van der Waals surface area (Å²) in [5, 5.41) is 0. The average Bonchev–Trinajstić information content (AvgIpc) is 3.46. The van der Waals surface area contributed by atoms with Crippen LogP contribution in [0.2, 0.25) is 0 Å². The summed E-state index contributed by atoms with van der Waals surface area (Å²) in [6, 6.07) is 22.4. The van der Waals surface area contributed by atoms with Crippen molar-refractivity contribution in [3.8, 4) is 28.4 Å². The molecule has 0 radical (unpaired) electrons. The lowest BCUT2D eigenvalue weighted by Crippen LogP contribution is -2.08. The number of carbonyl (C=O) groups excluding carboxylic acids is 3. The first-order valence-corrected chi connectivity index (χ1v) is 17.9. The maximum Gasteiger partial charge on any atom is 0.343 e. The van der Waals surface area contributed by atoms with Gasteiger partial charge in [0.05, 0.1) is 25.4 Å². The van der Waals surface area contributed by atoms with Crippen molar-refractivity contribution in [2.75, 3.05) is 19.8 Å². The summed E-state index contributed by atoms with van der Waals surface area (Å²) in [4.78, 5) is 35.1. The van der Waals surface area contributed by atoms with E-state index in [0.29, 0.717) is 48.9 Å². The third kappa shape index (κ3) is 13.6. The van der Waals surface area contributed by atoms with Gasteiger partial charge < -0.3 is 23.7 Å². The van der Waals surface area contributed by atoms with Gasteiger partial charge in [-0.15, -0.1) is 0 Å². The van der Waals surface area contributed by atoms with Gasteiger partial charge in [-0.3, -0.25) is 0 Å². The van der Waals surface area contributed by atoms with E-state index >= 15 is 0 Å². The summed E-state index contributed by atoms with van der Waals surface area (Å²) in [5.74, 6) is 0.980. The Labute approximate surface area is 296 Å². The molecule has 0 spiro atoms. The number of hydrogen-bond acceptors (Lipinski definition) is 8. The molecule has 1 atom stereocenters. The quantitative estimate of drug-likeness (QED) is 0.0422. The highest BCUT2D eigenvalue weighted by Gasteiger charge is 2.26. The Morgan fingerprint density at radius 1 is 0.660 bits per heavy atom. The number of ether oxygens (including phenoxy) is 5. The van der Waals surface area contributed by atoms with Crippen LogP contribution in [0.5, 0.6) is 17.2 Å². The van der Waals surface area contributed by atoms with Crippen molar-refractivity contribution in [3.05, 3.63) is 103 Å². The van der Waals surface area contributed by atoms with Crippen molar-refractivity contribution in [3.63, 3.8) is 0 Å². The minimum atomic E-state index is -0.429. The number of esters is 3. The van der Waals surface area contributed by atoms with Crippen molar-refractivity contribution in [2.24, 2.45) is 0 Å². The molecule has 4 rings (SSSR count). The molecule has 1 unspecified atom stereocenters. The van der Waals surface area contributed by atoms with Crippen LogP contribution in [0.4, 0.5) is 0 Å². The van der Waals surface area contributed by atoms with Crippen molar-refractivity contribution in [1.29, 1.82) is 0 Å². The van der Waals surface area contributed by atoms with Gasteiger partial charge >= 0.3 is 17.9 Å². The van der Waals surface area contributed by atoms with E-state index in [2.05, 4.69) is 13.2 Å². The molecule has 3 aromatic carbocycles. The van der Waals surface area contributed by atoms with Crippen LogP contribution >= 0.6 is 0 Å². The Morgan fingerprint density at radius 2 is 1.14 bits per heavy atom. The predicted molar refractivity (Wildman–Crippen MR) is 194 cm³/mol. The Balaban J connectivity index is 1.06. The Hall–Kier alpha value is -4.85. The lowest BCUT2D eigenvalue weighted by molar-refractivity contribution is -0.139. The summed E-state index contributed by atoms with van der Waals surface area (Å²) in [6.45, 7) is 8.86. The van der Waals surface area contributed by atoms with E-state index in [1.165, 1.54) is 25.3 Å². The van der Waals surface area contributed by atoms with E-state index < -0.39 is 5.97 Å². The number of rotatable bonds is 23.